The van der Waals surface area contributed by atoms with Crippen molar-refractivity contribution in [3.63, 3.8) is 0 Å². The average Bonchev–Trinajstić information content (AvgIpc) is 3.06. The van der Waals surface area contributed by atoms with Gasteiger partial charge in [-0.3, -0.25) is 0 Å². The molecular weight excluding hydrogens is 340 g/mol. The molecule has 0 bridgehead atoms. The van der Waals surface area contributed by atoms with Gasteiger partial charge < -0.3 is 0 Å². The van der Waals surface area contributed by atoms with Crippen LogP contribution in [0.2, 0.25) is 0 Å². The quantitative estimate of drug-likeness (QED) is 0.406. The zero-order valence-corrected chi connectivity index (χ0v) is 16.6. The SMILES string of the molecule is Cc1c(-c2cccc[n+]2C)cccc1-c1cc2c(c[n+]1C)Cc1ccccc1-2. The van der Waals surface area contributed by atoms with E-state index in [9.17, 15) is 0 Å². The molecule has 0 radical (unpaired) electrons. The van der Waals surface area contributed by atoms with Gasteiger partial charge in [0.1, 0.15) is 14.1 Å². The number of fused-ring (bicyclic) bond motifs is 3. The second kappa shape index (κ2) is 6.42. The van der Waals surface area contributed by atoms with E-state index in [0.717, 1.165) is 6.42 Å². The average molecular weight is 364 g/mol. The maximum atomic E-state index is 2.37. The summed E-state index contributed by atoms with van der Waals surface area (Å²) in [7, 11) is 4.26. The Morgan fingerprint density at radius 1 is 0.643 bits per heavy atom. The first-order chi connectivity index (χ1) is 13.6. The molecule has 0 unspecified atom stereocenters. The molecule has 2 aromatic carbocycles. The van der Waals surface area contributed by atoms with E-state index in [-0.39, 0.29) is 0 Å². The van der Waals surface area contributed by atoms with Crippen LogP contribution in [-0.4, -0.2) is 0 Å². The Kier molecular flexibility index (Phi) is 3.87. The first-order valence-electron chi connectivity index (χ1n) is 9.79. The van der Waals surface area contributed by atoms with Crippen LogP contribution in [0.25, 0.3) is 33.6 Å². The maximum Gasteiger partial charge on any atom is 0.213 e. The fourth-order valence-corrected chi connectivity index (χ4v) is 4.50. The molecular formula is C26H24N2+2. The lowest BCUT2D eigenvalue weighted by Crippen LogP contribution is -2.32. The minimum absolute atomic E-state index is 1.03. The van der Waals surface area contributed by atoms with Crippen LogP contribution in [0.4, 0.5) is 0 Å². The number of aromatic nitrogens is 2. The number of rotatable bonds is 2. The Bertz CT molecular complexity index is 1220. The van der Waals surface area contributed by atoms with Crippen LogP contribution >= 0.6 is 0 Å². The van der Waals surface area contributed by atoms with Crippen molar-refractivity contribution in [2.75, 3.05) is 0 Å². The Morgan fingerprint density at radius 3 is 2.18 bits per heavy atom. The molecule has 0 spiro atoms. The van der Waals surface area contributed by atoms with Crippen LogP contribution in [0.3, 0.4) is 0 Å². The van der Waals surface area contributed by atoms with E-state index in [1.165, 1.54) is 50.3 Å². The summed E-state index contributed by atoms with van der Waals surface area (Å²) in [5.41, 5.74) is 12.0. The molecule has 0 N–H and O–H groups in total. The molecule has 0 fully saturated rings. The van der Waals surface area contributed by atoms with Gasteiger partial charge in [-0.25, -0.2) is 9.13 Å². The molecule has 0 saturated carbocycles. The van der Waals surface area contributed by atoms with Crippen molar-refractivity contribution in [2.45, 2.75) is 13.3 Å². The summed E-state index contributed by atoms with van der Waals surface area (Å²) in [5, 5.41) is 0. The second-order valence-electron chi connectivity index (χ2n) is 7.72. The maximum absolute atomic E-state index is 2.37. The molecule has 1 aliphatic rings. The third-order valence-electron chi connectivity index (χ3n) is 5.99. The smallest absolute Gasteiger partial charge is 0.201 e. The van der Waals surface area contributed by atoms with Crippen molar-refractivity contribution in [3.8, 4) is 33.6 Å². The highest BCUT2D eigenvalue weighted by Crippen LogP contribution is 2.38. The lowest BCUT2D eigenvalue weighted by molar-refractivity contribution is -0.660. The fourth-order valence-electron chi connectivity index (χ4n) is 4.50. The third-order valence-corrected chi connectivity index (χ3v) is 5.99. The number of hydrogen-bond acceptors (Lipinski definition) is 0. The second-order valence-corrected chi connectivity index (χ2v) is 7.72. The molecule has 1 aliphatic carbocycles. The molecule has 2 aromatic heterocycles. The van der Waals surface area contributed by atoms with Gasteiger partial charge in [0, 0.05) is 41.3 Å². The van der Waals surface area contributed by atoms with E-state index in [4.69, 9.17) is 0 Å². The molecule has 2 nitrogen and oxygen atoms in total. The molecule has 28 heavy (non-hydrogen) atoms. The standard InChI is InChI=1S/C26H24N2/c1-18-21(25-13-6-7-14-27(25)2)11-8-12-22(18)26-16-24-20(17-28(26)3)15-19-9-4-5-10-23(19)24/h4-14,16-17H,15H2,1-3H3/q+2. The highest BCUT2D eigenvalue weighted by atomic mass is 14.9. The normalized spacial score (nSPS) is 12.0. The van der Waals surface area contributed by atoms with Crippen molar-refractivity contribution in [1.82, 2.24) is 0 Å². The summed E-state index contributed by atoms with van der Waals surface area (Å²) in [6.45, 7) is 2.23. The van der Waals surface area contributed by atoms with Crippen LogP contribution in [-0.2, 0) is 20.5 Å². The van der Waals surface area contributed by atoms with Crippen molar-refractivity contribution in [1.29, 1.82) is 0 Å². The number of aryl methyl sites for hydroxylation is 2. The zero-order chi connectivity index (χ0) is 19.3. The van der Waals surface area contributed by atoms with E-state index in [1.54, 1.807) is 0 Å². The summed E-state index contributed by atoms with van der Waals surface area (Å²) in [6, 6.07) is 24.1. The van der Waals surface area contributed by atoms with Crippen LogP contribution in [0.1, 0.15) is 16.7 Å². The van der Waals surface area contributed by atoms with Crippen LogP contribution in [0.15, 0.2) is 79.1 Å². The summed E-state index contributed by atoms with van der Waals surface area (Å²) in [5.74, 6) is 0. The summed E-state index contributed by atoms with van der Waals surface area (Å²) >= 11 is 0. The molecule has 2 heteroatoms. The Balaban J connectivity index is 1.70. The lowest BCUT2D eigenvalue weighted by atomic mass is 9.95. The topological polar surface area (TPSA) is 7.76 Å². The number of nitrogens with zero attached hydrogens (tertiary/aromatic N) is 2. The van der Waals surface area contributed by atoms with Crippen molar-refractivity contribution >= 4 is 0 Å². The van der Waals surface area contributed by atoms with Crippen molar-refractivity contribution in [2.24, 2.45) is 14.1 Å². The van der Waals surface area contributed by atoms with Gasteiger partial charge in [-0.2, -0.15) is 0 Å². The van der Waals surface area contributed by atoms with Gasteiger partial charge in [0.2, 0.25) is 11.4 Å². The fraction of sp³-hybridized carbons (Fsp3) is 0.154. The van der Waals surface area contributed by atoms with Crippen molar-refractivity contribution < 1.29 is 9.13 Å². The Hall–Kier alpha value is -3.26. The van der Waals surface area contributed by atoms with E-state index in [0.29, 0.717) is 0 Å². The monoisotopic (exact) mass is 364 g/mol. The first-order valence-corrected chi connectivity index (χ1v) is 9.79. The van der Waals surface area contributed by atoms with Gasteiger partial charge in [-0.05, 0) is 47.4 Å². The molecule has 136 valence electrons. The highest BCUT2D eigenvalue weighted by Gasteiger charge is 2.25. The van der Waals surface area contributed by atoms with Crippen molar-refractivity contribution in [3.05, 3.63) is 95.8 Å². The summed E-state index contributed by atoms with van der Waals surface area (Å²) < 4.78 is 4.47. The van der Waals surface area contributed by atoms with Gasteiger partial charge in [0.15, 0.2) is 12.4 Å². The van der Waals surface area contributed by atoms with E-state index in [2.05, 4.69) is 109 Å². The predicted molar refractivity (Wildman–Crippen MR) is 113 cm³/mol. The molecule has 2 heterocycles. The molecule has 0 atom stereocenters. The van der Waals surface area contributed by atoms with Gasteiger partial charge >= 0.3 is 0 Å². The number of benzene rings is 2. The minimum Gasteiger partial charge on any atom is -0.201 e. The van der Waals surface area contributed by atoms with Gasteiger partial charge in [0.05, 0.1) is 0 Å². The first kappa shape index (κ1) is 16.9. The minimum atomic E-state index is 1.03. The van der Waals surface area contributed by atoms with Gasteiger partial charge in [-0.15, -0.1) is 0 Å². The van der Waals surface area contributed by atoms with E-state index < -0.39 is 0 Å². The summed E-state index contributed by atoms with van der Waals surface area (Å²) in [4.78, 5) is 0. The molecule has 5 rings (SSSR count). The lowest BCUT2D eigenvalue weighted by Gasteiger charge is -2.10. The van der Waals surface area contributed by atoms with E-state index >= 15 is 0 Å². The number of hydrogen-bond donors (Lipinski definition) is 0. The van der Waals surface area contributed by atoms with Crippen LogP contribution in [0, 0.1) is 6.92 Å². The third kappa shape index (κ3) is 2.56. The highest BCUT2D eigenvalue weighted by molar-refractivity contribution is 5.80. The predicted octanol–water partition coefficient (Wildman–Crippen LogP) is 4.55. The van der Waals surface area contributed by atoms with Gasteiger partial charge in [-0.1, -0.05) is 30.3 Å². The number of pyridine rings is 2. The zero-order valence-electron chi connectivity index (χ0n) is 16.6. The largest absolute Gasteiger partial charge is 0.213 e. The Labute approximate surface area is 166 Å². The molecule has 0 saturated heterocycles. The Morgan fingerprint density at radius 2 is 1.36 bits per heavy atom. The summed E-state index contributed by atoms with van der Waals surface area (Å²) in [6.07, 6.45) is 5.44. The van der Waals surface area contributed by atoms with Crippen LogP contribution in [0.5, 0.6) is 0 Å². The molecule has 0 aliphatic heterocycles. The van der Waals surface area contributed by atoms with Crippen LogP contribution < -0.4 is 9.13 Å². The van der Waals surface area contributed by atoms with Gasteiger partial charge in [0.25, 0.3) is 0 Å². The molecule has 4 aromatic rings. The van der Waals surface area contributed by atoms with E-state index in [1.807, 2.05) is 0 Å². The molecule has 0 amide bonds.